The summed E-state index contributed by atoms with van der Waals surface area (Å²) in [5, 5.41) is 0. The van der Waals surface area contributed by atoms with Gasteiger partial charge in [-0.3, -0.25) is 4.79 Å². The largest absolute Gasteiger partial charge is 0.342 e. The van der Waals surface area contributed by atoms with E-state index in [2.05, 4.69) is 25.7 Å². The summed E-state index contributed by atoms with van der Waals surface area (Å²) in [6.07, 6.45) is 6.45. The van der Waals surface area contributed by atoms with Crippen LogP contribution in [0.5, 0.6) is 0 Å². The predicted molar refractivity (Wildman–Crippen MR) is 76.3 cm³/mol. The maximum atomic E-state index is 12.4. The van der Waals surface area contributed by atoms with Crippen molar-refractivity contribution in [2.45, 2.75) is 65.3 Å². The number of nitrogens with zero attached hydrogens (tertiary/aromatic N) is 1. The van der Waals surface area contributed by atoms with E-state index in [0.717, 1.165) is 51.6 Å². The van der Waals surface area contributed by atoms with Crippen molar-refractivity contribution in [2.75, 3.05) is 13.1 Å². The highest BCUT2D eigenvalue weighted by atomic mass is 16.2. The van der Waals surface area contributed by atoms with Crippen LogP contribution in [0.4, 0.5) is 0 Å². The number of piperidine rings is 1. The van der Waals surface area contributed by atoms with Crippen molar-refractivity contribution in [3.63, 3.8) is 0 Å². The van der Waals surface area contributed by atoms with Crippen LogP contribution in [0.2, 0.25) is 0 Å². The first kappa shape index (κ1) is 15.5. The number of amides is 1. The van der Waals surface area contributed by atoms with Gasteiger partial charge in [0.15, 0.2) is 0 Å². The smallest absolute Gasteiger partial charge is 0.225 e. The zero-order valence-electron chi connectivity index (χ0n) is 12.3. The minimum absolute atomic E-state index is 0.256. The predicted octanol–water partition coefficient (Wildman–Crippen LogP) is 2.79. The first-order valence-electron chi connectivity index (χ1n) is 7.64. The van der Waals surface area contributed by atoms with Gasteiger partial charge in [-0.05, 0) is 38.5 Å². The van der Waals surface area contributed by atoms with Crippen LogP contribution in [-0.4, -0.2) is 29.9 Å². The SMILES string of the molecule is CCCC(CCC)C(=O)N1CCC(C(C)N)CC1. The summed E-state index contributed by atoms with van der Waals surface area (Å²) >= 11 is 0. The third-order valence-electron chi connectivity index (χ3n) is 4.22. The Morgan fingerprint density at radius 2 is 1.72 bits per heavy atom. The molecule has 0 spiro atoms. The minimum Gasteiger partial charge on any atom is -0.342 e. The molecule has 1 rings (SSSR count). The van der Waals surface area contributed by atoms with Crippen molar-refractivity contribution in [1.82, 2.24) is 4.90 Å². The van der Waals surface area contributed by atoms with E-state index >= 15 is 0 Å². The minimum atomic E-state index is 0.256. The van der Waals surface area contributed by atoms with Crippen molar-refractivity contribution in [3.05, 3.63) is 0 Å². The molecule has 0 radical (unpaired) electrons. The molecule has 18 heavy (non-hydrogen) atoms. The molecule has 0 saturated carbocycles. The topological polar surface area (TPSA) is 46.3 Å². The fourth-order valence-corrected chi connectivity index (χ4v) is 2.99. The number of carbonyl (C=O) groups excluding carboxylic acids is 1. The summed E-state index contributed by atoms with van der Waals surface area (Å²) in [5.41, 5.74) is 5.94. The highest BCUT2D eigenvalue weighted by Gasteiger charge is 2.28. The molecule has 1 atom stereocenters. The lowest BCUT2D eigenvalue weighted by Crippen LogP contribution is -2.44. The fourth-order valence-electron chi connectivity index (χ4n) is 2.99. The van der Waals surface area contributed by atoms with Gasteiger partial charge in [-0.1, -0.05) is 26.7 Å². The van der Waals surface area contributed by atoms with Crippen LogP contribution < -0.4 is 5.73 Å². The molecule has 1 aliphatic heterocycles. The number of hydrogen-bond donors (Lipinski definition) is 1. The quantitative estimate of drug-likeness (QED) is 0.792. The molecule has 0 aliphatic carbocycles. The molecule has 106 valence electrons. The number of nitrogens with two attached hydrogens (primary N) is 1. The van der Waals surface area contributed by atoms with Crippen LogP contribution in [-0.2, 0) is 4.79 Å². The molecule has 2 N–H and O–H groups in total. The summed E-state index contributed by atoms with van der Waals surface area (Å²) in [6.45, 7) is 8.24. The molecule has 0 bridgehead atoms. The van der Waals surface area contributed by atoms with Gasteiger partial charge in [0.05, 0.1) is 0 Å². The van der Waals surface area contributed by atoms with Crippen LogP contribution in [0, 0.1) is 11.8 Å². The van der Waals surface area contributed by atoms with E-state index in [4.69, 9.17) is 5.73 Å². The van der Waals surface area contributed by atoms with Gasteiger partial charge in [-0.2, -0.15) is 0 Å². The van der Waals surface area contributed by atoms with Gasteiger partial charge in [-0.15, -0.1) is 0 Å². The second-order valence-corrected chi connectivity index (χ2v) is 5.80. The summed E-state index contributed by atoms with van der Waals surface area (Å²) in [7, 11) is 0. The number of hydrogen-bond acceptors (Lipinski definition) is 2. The van der Waals surface area contributed by atoms with Crippen LogP contribution >= 0.6 is 0 Å². The monoisotopic (exact) mass is 254 g/mol. The lowest BCUT2D eigenvalue weighted by Gasteiger charge is -2.35. The van der Waals surface area contributed by atoms with Gasteiger partial charge in [0.25, 0.3) is 0 Å². The first-order valence-corrected chi connectivity index (χ1v) is 7.64. The summed E-state index contributed by atoms with van der Waals surface area (Å²) < 4.78 is 0. The molecule has 0 aromatic carbocycles. The molecule has 0 aromatic heterocycles. The number of rotatable bonds is 6. The Hall–Kier alpha value is -0.570. The third-order valence-corrected chi connectivity index (χ3v) is 4.22. The second-order valence-electron chi connectivity index (χ2n) is 5.80. The van der Waals surface area contributed by atoms with Gasteiger partial charge >= 0.3 is 0 Å². The van der Waals surface area contributed by atoms with E-state index < -0.39 is 0 Å². The Labute approximate surface area is 112 Å². The summed E-state index contributed by atoms with van der Waals surface area (Å²) in [4.78, 5) is 14.5. The molecule has 3 heteroatoms. The molecule has 1 fully saturated rings. The maximum Gasteiger partial charge on any atom is 0.225 e. The van der Waals surface area contributed by atoms with Gasteiger partial charge in [-0.25, -0.2) is 0 Å². The molecule has 1 saturated heterocycles. The van der Waals surface area contributed by atoms with Crippen LogP contribution in [0.3, 0.4) is 0 Å². The molecular weight excluding hydrogens is 224 g/mol. The van der Waals surface area contributed by atoms with Crippen molar-refractivity contribution >= 4 is 5.91 Å². The average molecular weight is 254 g/mol. The van der Waals surface area contributed by atoms with E-state index in [-0.39, 0.29) is 12.0 Å². The summed E-state index contributed by atoms with van der Waals surface area (Å²) in [6, 6.07) is 0.268. The zero-order valence-corrected chi connectivity index (χ0v) is 12.3. The molecule has 0 aromatic rings. The standard InChI is InChI=1S/C15H30N2O/c1-4-6-14(7-5-2)15(18)17-10-8-13(9-11-17)12(3)16/h12-14H,4-11,16H2,1-3H3. The second kappa shape index (κ2) is 7.78. The molecule has 1 unspecified atom stereocenters. The van der Waals surface area contributed by atoms with Gasteiger partial charge in [0.2, 0.25) is 5.91 Å². The number of carbonyl (C=O) groups is 1. The van der Waals surface area contributed by atoms with Crippen LogP contribution in [0.25, 0.3) is 0 Å². The van der Waals surface area contributed by atoms with E-state index in [1.54, 1.807) is 0 Å². The Bertz CT molecular complexity index is 239. The fraction of sp³-hybridized carbons (Fsp3) is 0.933. The lowest BCUT2D eigenvalue weighted by atomic mass is 9.89. The Balaban J connectivity index is 2.47. The number of likely N-dealkylation sites (tertiary alicyclic amines) is 1. The van der Waals surface area contributed by atoms with Gasteiger partial charge < -0.3 is 10.6 Å². The molecule has 1 amide bonds. The normalized spacial score (nSPS) is 19.3. The van der Waals surface area contributed by atoms with E-state index in [9.17, 15) is 4.79 Å². The Kier molecular flexibility index (Phi) is 6.69. The lowest BCUT2D eigenvalue weighted by molar-refractivity contribution is -0.137. The van der Waals surface area contributed by atoms with Crippen molar-refractivity contribution in [2.24, 2.45) is 17.6 Å². The maximum absolute atomic E-state index is 12.4. The zero-order chi connectivity index (χ0) is 13.5. The molecule has 1 heterocycles. The van der Waals surface area contributed by atoms with Gasteiger partial charge in [0.1, 0.15) is 0 Å². The average Bonchev–Trinajstić information content (AvgIpc) is 2.38. The molecule has 1 aliphatic rings. The molecular formula is C15H30N2O. The van der Waals surface area contributed by atoms with Gasteiger partial charge in [0, 0.05) is 25.0 Å². The van der Waals surface area contributed by atoms with E-state index in [0.29, 0.717) is 11.8 Å². The van der Waals surface area contributed by atoms with Crippen LogP contribution in [0.15, 0.2) is 0 Å². The third kappa shape index (κ3) is 4.27. The Morgan fingerprint density at radius 3 is 2.11 bits per heavy atom. The Morgan fingerprint density at radius 1 is 1.22 bits per heavy atom. The van der Waals surface area contributed by atoms with Crippen molar-refractivity contribution < 1.29 is 4.79 Å². The highest BCUT2D eigenvalue weighted by molar-refractivity contribution is 5.78. The van der Waals surface area contributed by atoms with Crippen molar-refractivity contribution in [1.29, 1.82) is 0 Å². The molecule has 3 nitrogen and oxygen atoms in total. The first-order chi connectivity index (χ1) is 8.60. The van der Waals surface area contributed by atoms with Crippen molar-refractivity contribution in [3.8, 4) is 0 Å². The highest BCUT2D eigenvalue weighted by Crippen LogP contribution is 2.23. The summed E-state index contributed by atoms with van der Waals surface area (Å²) in [5.74, 6) is 1.25. The van der Waals surface area contributed by atoms with E-state index in [1.165, 1.54) is 0 Å². The van der Waals surface area contributed by atoms with Crippen LogP contribution in [0.1, 0.15) is 59.3 Å². The van der Waals surface area contributed by atoms with E-state index in [1.807, 2.05) is 0 Å².